The van der Waals surface area contributed by atoms with Crippen LogP contribution in [0, 0.1) is 0 Å². The number of hydrogen-bond acceptors (Lipinski definition) is 4. The number of benzene rings is 2. The fourth-order valence-electron chi connectivity index (χ4n) is 3.44. The van der Waals surface area contributed by atoms with Crippen LogP contribution in [-0.4, -0.2) is 45.8 Å². The van der Waals surface area contributed by atoms with Crippen molar-refractivity contribution in [3.8, 4) is 5.69 Å². The van der Waals surface area contributed by atoms with E-state index < -0.39 is 0 Å². The quantitative estimate of drug-likeness (QED) is 0.486. The molecule has 2 N–H and O–H groups in total. The third-order valence-corrected chi connectivity index (χ3v) is 4.92. The van der Waals surface area contributed by atoms with Crippen molar-refractivity contribution < 1.29 is 4.79 Å². The van der Waals surface area contributed by atoms with Gasteiger partial charge in [-0.05, 0) is 36.8 Å². The van der Waals surface area contributed by atoms with Crippen LogP contribution in [0.1, 0.15) is 18.9 Å². The molecule has 0 saturated carbocycles. The van der Waals surface area contributed by atoms with Crippen LogP contribution in [0.3, 0.4) is 0 Å². The minimum Gasteiger partial charge on any atom is -0.357 e. The third kappa shape index (κ3) is 4.65. The smallest absolute Gasteiger partial charge is 0.229 e. The van der Waals surface area contributed by atoms with Crippen molar-refractivity contribution in [1.29, 1.82) is 0 Å². The molecule has 2 heterocycles. The second kappa shape index (κ2) is 9.21. The van der Waals surface area contributed by atoms with E-state index >= 15 is 0 Å². The van der Waals surface area contributed by atoms with Crippen LogP contribution in [0.5, 0.6) is 0 Å². The Labute approximate surface area is 175 Å². The Kier molecular flexibility index (Phi) is 6.03. The second-order valence-electron chi connectivity index (χ2n) is 7.09. The van der Waals surface area contributed by atoms with E-state index in [-0.39, 0.29) is 11.9 Å². The molecule has 0 aliphatic carbocycles. The van der Waals surface area contributed by atoms with E-state index in [1.54, 1.807) is 11.0 Å². The van der Waals surface area contributed by atoms with Gasteiger partial charge in [0.2, 0.25) is 5.91 Å². The van der Waals surface area contributed by atoms with Crippen LogP contribution in [0.25, 0.3) is 5.69 Å². The van der Waals surface area contributed by atoms with Gasteiger partial charge < -0.3 is 15.5 Å². The zero-order chi connectivity index (χ0) is 20.8. The van der Waals surface area contributed by atoms with Crippen molar-refractivity contribution in [2.24, 2.45) is 4.99 Å². The highest BCUT2D eigenvalue weighted by Crippen LogP contribution is 2.21. The lowest BCUT2D eigenvalue weighted by molar-refractivity contribution is -0.117. The Bertz CT molecular complexity index is 984. The van der Waals surface area contributed by atoms with Gasteiger partial charge >= 0.3 is 0 Å². The van der Waals surface area contributed by atoms with E-state index in [1.165, 1.54) is 6.33 Å². The van der Waals surface area contributed by atoms with E-state index in [2.05, 4.69) is 20.7 Å². The highest BCUT2D eigenvalue weighted by atomic mass is 16.2. The van der Waals surface area contributed by atoms with Gasteiger partial charge in [0.1, 0.15) is 12.7 Å². The van der Waals surface area contributed by atoms with Crippen molar-refractivity contribution in [2.75, 3.05) is 18.0 Å². The summed E-state index contributed by atoms with van der Waals surface area (Å²) in [5.74, 6) is 0.837. The van der Waals surface area contributed by atoms with Gasteiger partial charge in [-0.15, -0.1) is 0 Å². The van der Waals surface area contributed by atoms with Crippen molar-refractivity contribution in [2.45, 2.75) is 25.9 Å². The average molecular weight is 403 g/mol. The van der Waals surface area contributed by atoms with Gasteiger partial charge in [0, 0.05) is 25.2 Å². The summed E-state index contributed by atoms with van der Waals surface area (Å²) in [6.45, 7) is 3.94. The Morgan fingerprint density at radius 3 is 2.63 bits per heavy atom. The maximum atomic E-state index is 12.4. The lowest BCUT2D eigenvalue weighted by Crippen LogP contribution is -2.44. The number of carbonyl (C=O) groups excluding carboxylic acids is 1. The number of hydrogen-bond donors (Lipinski definition) is 2. The number of aliphatic imine (C=N–C) groups is 1. The topological polar surface area (TPSA) is 87.4 Å². The largest absolute Gasteiger partial charge is 0.357 e. The van der Waals surface area contributed by atoms with Crippen molar-refractivity contribution in [3.63, 3.8) is 0 Å². The summed E-state index contributed by atoms with van der Waals surface area (Å²) in [4.78, 5) is 22.9. The molecule has 2 aromatic carbocycles. The van der Waals surface area contributed by atoms with Crippen molar-refractivity contribution in [3.05, 3.63) is 72.8 Å². The van der Waals surface area contributed by atoms with Crippen LogP contribution >= 0.6 is 0 Å². The molecular weight excluding hydrogens is 378 g/mol. The minimum absolute atomic E-state index is 0.0187. The standard InChI is InChI=1S/C22H25N7O/c1-2-24-22(25-13-17-8-10-20(11-9-17)29-16-23-15-26-29)27-18-12-21(30)28(14-18)19-6-4-3-5-7-19/h3-11,15-16,18H,2,12-14H2,1H3,(H2,24,25,27). The number of guanidine groups is 1. The average Bonchev–Trinajstić information content (AvgIpc) is 3.43. The summed E-state index contributed by atoms with van der Waals surface area (Å²) in [5.41, 5.74) is 2.97. The van der Waals surface area contributed by atoms with Gasteiger partial charge in [-0.3, -0.25) is 4.79 Å². The van der Waals surface area contributed by atoms with Crippen molar-refractivity contribution >= 4 is 17.6 Å². The molecule has 0 radical (unpaired) electrons. The number of nitrogens with zero attached hydrogens (tertiary/aromatic N) is 5. The Morgan fingerprint density at radius 1 is 1.13 bits per heavy atom. The summed E-state index contributed by atoms with van der Waals surface area (Å²) in [7, 11) is 0. The zero-order valence-electron chi connectivity index (χ0n) is 16.9. The summed E-state index contributed by atoms with van der Waals surface area (Å²) in [5, 5.41) is 10.8. The molecule has 8 heteroatoms. The van der Waals surface area contributed by atoms with Crippen LogP contribution in [0.15, 0.2) is 72.2 Å². The highest BCUT2D eigenvalue weighted by Gasteiger charge is 2.31. The lowest BCUT2D eigenvalue weighted by atomic mass is 10.2. The number of rotatable bonds is 6. The molecule has 1 aromatic heterocycles. The summed E-state index contributed by atoms with van der Waals surface area (Å²) in [6.07, 6.45) is 3.63. The van der Waals surface area contributed by atoms with E-state index in [4.69, 9.17) is 4.99 Å². The molecular formula is C22H25N7O. The molecule has 1 aliphatic rings. The van der Waals surface area contributed by atoms with Gasteiger partial charge in [-0.25, -0.2) is 14.7 Å². The molecule has 1 atom stereocenters. The van der Waals surface area contributed by atoms with Gasteiger partial charge in [0.25, 0.3) is 0 Å². The summed E-state index contributed by atoms with van der Waals surface area (Å²) >= 11 is 0. The maximum Gasteiger partial charge on any atom is 0.229 e. The second-order valence-corrected chi connectivity index (χ2v) is 7.09. The first-order chi connectivity index (χ1) is 14.7. The maximum absolute atomic E-state index is 12.4. The fraction of sp³-hybridized carbons (Fsp3) is 0.273. The Hall–Kier alpha value is -3.68. The summed E-state index contributed by atoms with van der Waals surface area (Å²) < 4.78 is 1.72. The Morgan fingerprint density at radius 2 is 1.93 bits per heavy atom. The molecule has 1 amide bonds. The number of para-hydroxylation sites is 1. The van der Waals surface area contributed by atoms with Crippen LogP contribution in [0.4, 0.5) is 5.69 Å². The number of aromatic nitrogens is 3. The number of anilines is 1. The molecule has 1 saturated heterocycles. The molecule has 1 unspecified atom stereocenters. The fourth-order valence-corrected chi connectivity index (χ4v) is 3.44. The molecule has 3 aromatic rings. The number of nitrogens with one attached hydrogen (secondary N) is 2. The van der Waals surface area contributed by atoms with Crippen molar-refractivity contribution in [1.82, 2.24) is 25.4 Å². The predicted molar refractivity (Wildman–Crippen MR) is 117 cm³/mol. The van der Waals surface area contributed by atoms with Crippen LogP contribution in [-0.2, 0) is 11.3 Å². The Balaban J connectivity index is 1.39. The molecule has 30 heavy (non-hydrogen) atoms. The monoisotopic (exact) mass is 403 g/mol. The molecule has 0 bridgehead atoms. The number of carbonyl (C=O) groups is 1. The van der Waals surface area contributed by atoms with Gasteiger partial charge in [-0.1, -0.05) is 30.3 Å². The molecule has 1 aliphatic heterocycles. The van der Waals surface area contributed by atoms with Gasteiger partial charge in [0.15, 0.2) is 5.96 Å². The van der Waals surface area contributed by atoms with E-state index in [9.17, 15) is 4.79 Å². The molecule has 4 rings (SSSR count). The van der Waals surface area contributed by atoms with E-state index in [1.807, 2.05) is 66.4 Å². The lowest BCUT2D eigenvalue weighted by Gasteiger charge is -2.19. The molecule has 1 fully saturated rings. The van der Waals surface area contributed by atoms with Gasteiger partial charge in [0.05, 0.1) is 18.3 Å². The molecule has 0 spiro atoms. The van der Waals surface area contributed by atoms with E-state index in [0.29, 0.717) is 25.5 Å². The molecule has 8 nitrogen and oxygen atoms in total. The van der Waals surface area contributed by atoms with Crippen LogP contribution < -0.4 is 15.5 Å². The van der Waals surface area contributed by atoms with Gasteiger partial charge in [-0.2, -0.15) is 5.10 Å². The SMILES string of the molecule is CCNC(=NCc1ccc(-n2cncn2)cc1)NC1CC(=O)N(c2ccccc2)C1. The zero-order valence-corrected chi connectivity index (χ0v) is 16.9. The number of amides is 1. The first-order valence-corrected chi connectivity index (χ1v) is 10.1. The highest BCUT2D eigenvalue weighted by molar-refractivity contribution is 5.97. The first-order valence-electron chi connectivity index (χ1n) is 10.1. The summed E-state index contributed by atoms with van der Waals surface area (Å²) in [6, 6.07) is 17.8. The first kappa shape index (κ1) is 19.6. The molecule has 154 valence electrons. The van der Waals surface area contributed by atoms with Crippen LogP contribution in [0.2, 0.25) is 0 Å². The minimum atomic E-state index is 0.0187. The van der Waals surface area contributed by atoms with E-state index in [0.717, 1.165) is 23.5 Å². The third-order valence-electron chi connectivity index (χ3n) is 4.92. The normalized spacial score (nSPS) is 16.7. The predicted octanol–water partition coefficient (Wildman–Crippen LogP) is 2.13.